The van der Waals surface area contributed by atoms with E-state index in [1.54, 1.807) is 0 Å². The molecule has 0 amide bonds. The third kappa shape index (κ3) is 3.31. The average molecular weight is 218 g/mol. The lowest BCUT2D eigenvalue weighted by Gasteiger charge is -2.17. The molecule has 88 valence electrons. The van der Waals surface area contributed by atoms with Crippen LogP contribution in [0.4, 0.5) is 0 Å². The summed E-state index contributed by atoms with van der Waals surface area (Å²) in [6.07, 6.45) is 7.02. The van der Waals surface area contributed by atoms with Gasteiger partial charge in [0.05, 0.1) is 0 Å². The van der Waals surface area contributed by atoms with Crippen LogP contribution in [0.3, 0.4) is 0 Å². The maximum atomic E-state index is 4.46. The van der Waals surface area contributed by atoms with Gasteiger partial charge >= 0.3 is 0 Å². The fourth-order valence-electron chi connectivity index (χ4n) is 2.17. The molecule has 2 rings (SSSR count). The standard InChI is InChI=1S/C14H22N2/c1-3-7-16-14(12-4-5-12)10-13-9-11(2)6-8-15-13/h6,8-9,12,14,16H,3-5,7,10H2,1-2H3. The second-order valence-electron chi connectivity index (χ2n) is 4.93. The quantitative estimate of drug-likeness (QED) is 0.794. The van der Waals surface area contributed by atoms with Crippen molar-refractivity contribution in [3.63, 3.8) is 0 Å². The molecule has 0 spiro atoms. The van der Waals surface area contributed by atoms with Crippen LogP contribution in [0.25, 0.3) is 0 Å². The predicted octanol–water partition coefficient (Wildman–Crippen LogP) is 2.71. The molecule has 1 atom stereocenters. The number of hydrogen-bond donors (Lipinski definition) is 1. The van der Waals surface area contributed by atoms with Crippen molar-refractivity contribution >= 4 is 0 Å². The summed E-state index contributed by atoms with van der Waals surface area (Å²) in [6.45, 7) is 5.49. The monoisotopic (exact) mass is 218 g/mol. The minimum absolute atomic E-state index is 0.647. The normalized spacial score (nSPS) is 17.4. The van der Waals surface area contributed by atoms with Gasteiger partial charge in [-0.2, -0.15) is 0 Å². The summed E-state index contributed by atoms with van der Waals surface area (Å²) in [5.41, 5.74) is 2.55. The van der Waals surface area contributed by atoms with Crippen LogP contribution >= 0.6 is 0 Å². The van der Waals surface area contributed by atoms with Crippen LogP contribution in [-0.4, -0.2) is 17.6 Å². The minimum Gasteiger partial charge on any atom is -0.313 e. The summed E-state index contributed by atoms with van der Waals surface area (Å²) in [6, 6.07) is 4.92. The second-order valence-corrected chi connectivity index (χ2v) is 4.93. The molecule has 0 radical (unpaired) electrons. The zero-order chi connectivity index (χ0) is 11.4. The van der Waals surface area contributed by atoms with Crippen molar-refractivity contribution in [2.75, 3.05) is 6.54 Å². The molecular weight excluding hydrogens is 196 g/mol. The number of aryl methyl sites for hydroxylation is 1. The molecule has 16 heavy (non-hydrogen) atoms. The van der Waals surface area contributed by atoms with Crippen molar-refractivity contribution < 1.29 is 0 Å². The second kappa shape index (κ2) is 5.44. The third-order valence-corrected chi connectivity index (χ3v) is 3.25. The van der Waals surface area contributed by atoms with E-state index in [4.69, 9.17) is 0 Å². The molecule has 0 aromatic carbocycles. The van der Waals surface area contributed by atoms with Crippen LogP contribution in [-0.2, 0) is 6.42 Å². The van der Waals surface area contributed by atoms with Gasteiger partial charge in [-0.05, 0) is 56.3 Å². The highest BCUT2D eigenvalue weighted by Gasteiger charge is 2.30. The Bertz CT molecular complexity index is 331. The Kier molecular flexibility index (Phi) is 3.94. The smallest absolute Gasteiger partial charge is 0.0421 e. The van der Waals surface area contributed by atoms with Crippen molar-refractivity contribution in [1.82, 2.24) is 10.3 Å². The van der Waals surface area contributed by atoms with Gasteiger partial charge in [-0.3, -0.25) is 4.98 Å². The summed E-state index contributed by atoms with van der Waals surface area (Å²) in [4.78, 5) is 4.46. The number of rotatable bonds is 6. The highest BCUT2D eigenvalue weighted by Crippen LogP contribution is 2.33. The molecule has 0 aliphatic heterocycles. The Morgan fingerprint density at radius 1 is 1.50 bits per heavy atom. The summed E-state index contributed by atoms with van der Waals surface area (Å²) in [5, 5.41) is 3.66. The molecule has 2 nitrogen and oxygen atoms in total. The first-order valence-corrected chi connectivity index (χ1v) is 6.44. The molecule has 2 heteroatoms. The minimum atomic E-state index is 0.647. The van der Waals surface area contributed by atoms with Gasteiger partial charge in [-0.15, -0.1) is 0 Å². The molecule has 1 N–H and O–H groups in total. The number of pyridine rings is 1. The average Bonchev–Trinajstić information content (AvgIpc) is 3.08. The van der Waals surface area contributed by atoms with Crippen LogP contribution < -0.4 is 5.32 Å². The molecule has 1 aromatic heterocycles. The lowest BCUT2D eigenvalue weighted by atomic mass is 10.0. The number of nitrogens with zero attached hydrogens (tertiary/aromatic N) is 1. The van der Waals surface area contributed by atoms with Crippen molar-refractivity contribution in [2.45, 2.75) is 45.6 Å². The molecule has 0 bridgehead atoms. The van der Waals surface area contributed by atoms with E-state index in [0.717, 1.165) is 18.9 Å². The van der Waals surface area contributed by atoms with Gasteiger partial charge in [-0.1, -0.05) is 6.92 Å². The van der Waals surface area contributed by atoms with Gasteiger partial charge in [0, 0.05) is 24.4 Å². The van der Waals surface area contributed by atoms with Gasteiger partial charge in [0.1, 0.15) is 0 Å². The number of aromatic nitrogens is 1. The van der Waals surface area contributed by atoms with E-state index < -0.39 is 0 Å². The lowest BCUT2D eigenvalue weighted by molar-refractivity contribution is 0.456. The fraction of sp³-hybridized carbons (Fsp3) is 0.643. The maximum absolute atomic E-state index is 4.46. The zero-order valence-corrected chi connectivity index (χ0v) is 10.4. The van der Waals surface area contributed by atoms with Crippen molar-refractivity contribution in [3.05, 3.63) is 29.6 Å². The Hall–Kier alpha value is -0.890. The van der Waals surface area contributed by atoms with Gasteiger partial charge in [0.15, 0.2) is 0 Å². The van der Waals surface area contributed by atoms with Crippen molar-refractivity contribution in [3.8, 4) is 0 Å². The first-order chi connectivity index (χ1) is 7.79. The fourth-order valence-corrected chi connectivity index (χ4v) is 2.17. The van der Waals surface area contributed by atoms with E-state index in [-0.39, 0.29) is 0 Å². The van der Waals surface area contributed by atoms with Crippen LogP contribution in [0.2, 0.25) is 0 Å². The van der Waals surface area contributed by atoms with E-state index in [0.29, 0.717) is 6.04 Å². The topological polar surface area (TPSA) is 24.9 Å². The van der Waals surface area contributed by atoms with Crippen LogP contribution in [0.1, 0.15) is 37.4 Å². The van der Waals surface area contributed by atoms with Gasteiger partial charge in [0.25, 0.3) is 0 Å². The van der Waals surface area contributed by atoms with E-state index in [2.05, 4.69) is 36.3 Å². The summed E-state index contributed by atoms with van der Waals surface area (Å²) in [5.74, 6) is 0.897. The molecule has 1 aliphatic carbocycles. The molecule has 1 fully saturated rings. The number of nitrogens with one attached hydrogen (secondary N) is 1. The van der Waals surface area contributed by atoms with Gasteiger partial charge < -0.3 is 5.32 Å². The SMILES string of the molecule is CCCNC(Cc1cc(C)ccn1)C1CC1. The van der Waals surface area contributed by atoms with Crippen LogP contribution in [0.15, 0.2) is 18.3 Å². The molecule has 1 saturated carbocycles. The molecule has 1 unspecified atom stereocenters. The van der Waals surface area contributed by atoms with E-state index in [1.165, 1.54) is 30.5 Å². The summed E-state index contributed by atoms with van der Waals surface area (Å²) >= 11 is 0. The summed E-state index contributed by atoms with van der Waals surface area (Å²) < 4.78 is 0. The molecule has 1 aromatic rings. The van der Waals surface area contributed by atoms with Crippen molar-refractivity contribution in [2.24, 2.45) is 5.92 Å². The maximum Gasteiger partial charge on any atom is 0.0421 e. The van der Waals surface area contributed by atoms with E-state index >= 15 is 0 Å². The molecule has 1 aliphatic rings. The van der Waals surface area contributed by atoms with E-state index in [1.807, 2.05) is 6.20 Å². The third-order valence-electron chi connectivity index (χ3n) is 3.25. The lowest BCUT2D eigenvalue weighted by Crippen LogP contribution is -2.34. The number of hydrogen-bond acceptors (Lipinski definition) is 2. The predicted molar refractivity (Wildman–Crippen MR) is 67.5 cm³/mol. The van der Waals surface area contributed by atoms with Gasteiger partial charge in [-0.25, -0.2) is 0 Å². The highest BCUT2D eigenvalue weighted by atomic mass is 14.9. The van der Waals surface area contributed by atoms with Crippen LogP contribution in [0.5, 0.6) is 0 Å². The van der Waals surface area contributed by atoms with Crippen molar-refractivity contribution in [1.29, 1.82) is 0 Å². The van der Waals surface area contributed by atoms with Gasteiger partial charge in [0.2, 0.25) is 0 Å². The first kappa shape index (κ1) is 11.6. The molecule has 1 heterocycles. The largest absolute Gasteiger partial charge is 0.313 e. The summed E-state index contributed by atoms with van der Waals surface area (Å²) in [7, 11) is 0. The molecular formula is C14H22N2. The zero-order valence-electron chi connectivity index (χ0n) is 10.4. The first-order valence-electron chi connectivity index (χ1n) is 6.44. The molecule has 0 saturated heterocycles. The Morgan fingerprint density at radius 2 is 2.31 bits per heavy atom. The van der Waals surface area contributed by atoms with Crippen LogP contribution in [0, 0.1) is 12.8 Å². The highest BCUT2D eigenvalue weighted by molar-refractivity contribution is 5.15. The Labute approximate surface area is 98.5 Å². The Balaban J connectivity index is 1.94. The Morgan fingerprint density at radius 3 is 2.94 bits per heavy atom. The van der Waals surface area contributed by atoms with E-state index in [9.17, 15) is 0 Å².